The van der Waals surface area contributed by atoms with Gasteiger partial charge in [-0.05, 0) is 13.3 Å². The molecule has 2 heteroatoms. The molecular weight excluding hydrogens is 116 g/mol. The minimum Gasteiger partial charge on any atom is -0.379 e. The molecule has 0 N–H and O–H groups in total. The van der Waals surface area contributed by atoms with E-state index >= 15 is 0 Å². The molecule has 2 nitrogen and oxygen atoms in total. The van der Waals surface area contributed by atoms with E-state index in [9.17, 15) is 0 Å². The molecule has 0 rings (SSSR count). The summed E-state index contributed by atoms with van der Waals surface area (Å²) in [6.07, 6.45) is 1.31. The van der Waals surface area contributed by atoms with Gasteiger partial charge in [0.05, 0.1) is 12.7 Å². The van der Waals surface area contributed by atoms with E-state index in [1.807, 2.05) is 6.92 Å². The van der Waals surface area contributed by atoms with E-state index < -0.39 is 0 Å². The van der Waals surface area contributed by atoms with E-state index in [0.29, 0.717) is 6.61 Å². The lowest BCUT2D eigenvalue weighted by molar-refractivity contribution is 0.0188. The van der Waals surface area contributed by atoms with Gasteiger partial charge in [0.15, 0.2) is 0 Å². The van der Waals surface area contributed by atoms with Crippen molar-refractivity contribution in [1.29, 1.82) is 0 Å². The van der Waals surface area contributed by atoms with Crippen LogP contribution in [0.2, 0.25) is 0 Å². The molecule has 0 bridgehead atoms. The monoisotopic (exact) mass is 132 g/mol. The minimum absolute atomic E-state index is 0.233. The summed E-state index contributed by atoms with van der Waals surface area (Å²) in [7, 11) is 1.69. The number of methoxy groups -OCH3 is 1. The van der Waals surface area contributed by atoms with Crippen molar-refractivity contribution in [3.05, 3.63) is 0 Å². The summed E-state index contributed by atoms with van der Waals surface area (Å²) >= 11 is 0. The van der Waals surface area contributed by atoms with Gasteiger partial charge in [-0.3, -0.25) is 0 Å². The van der Waals surface area contributed by atoms with Gasteiger partial charge >= 0.3 is 0 Å². The van der Waals surface area contributed by atoms with Crippen LogP contribution in [-0.2, 0) is 9.47 Å². The summed E-state index contributed by atoms with van der Waals surface area (Å²) in [5, 5.41) is 0. The summed E-state index contributed by atoms with van der Waals surface area (Å²) in [6, 6.07) is 0. The molecule has 0 spiro atoms. The SMILES string of the molecule is CCCOC[C@@H](C)OC. The smallest absolute Gasteiger partial charge is 0.0776 e. The van der Waals surface area contributed by atoms with Gasteiger partial charge in [0.1, 0.15) is 0 Å². The van der Waals surface area contributed by atoms with E-state index in [1.54, 1.807) is 7.11 Å². The molecule has 0 saturated carbocycles. The molecule has 0 amide bonds. The van der Waals surface area contributed by atoms with E-state index in [4.69, 9.17) is 9.47 Å². The predicted octanol–water partition coefficient (Wildman–Crippen LogP) is 1.45. The average molecular weight is 132 g/mol. The van der Waals surface area contributed by atoms with Crippen molar-refractivity contribution in [2.75, 3.05) is 20.3 Å². The third kappa shape index (κ3) is 5.80. The van der Waals surface area contributed by atoms with Crippen molar-refractivity contribution in [2.45, 2.75) is 26.4 Å². The number of hydrogen-bond donors (Lipinski definition) is 0. The molecule has 0 fully saturated rings. The van der Waals surface area contributed by atoms with E-state index in [-0.39, 0.29) is 6.10 Å². The number of hydrogen-bond acceptors (Lipinski definition) is 2. The van der Waals surface area contributed by atoms with Gasteiger partial charge in [-0.1, -0.05) is 6.92 Å². The first-order valence-electron chi connectivity index (χ1n) is 3.41. The Balaban J connectivity index is 2.88. The van der Waals surface area contributed by atoms with Gasteiger partial charge in [0.25, 0.3) is 0 Å². The van der Waals surface area contributed by atoms with Crippen LogP contribution in [0, 0.1) is 0 Å². The predicted molar refractivity (Wildman–Crippen MR) is 37.6 cm³/mol. The van der Waals surface area contributed by atoms with Crippen molar-refractivity contribution >= 4 is 0 Å². The summed E-state index contributed by atoms with van der Waals surface area (Å²) < 4.78 is 10.2. The third-order valence-electron chi connectivity index (χ3n) is 1.10. The Morgan fingerprint density at radius 3 is 2.56 bits per heavy atom. The van der Waals surface area contributed by atoms with Crippen molar-refractivity contribution in [1.82, 2.24) is 0 Å². The molecule has 1 atom stereocenters. The molecule has 0 aliphatic heterocycles. The molecule has 9 heavy (non-hydrogen) atoms. The fourth-order valence-corrected chi connectivity index (χ4v) is 0.462. The topological polar surface area (TPSA) is 18.5 Å². The largest absolute Gasteiger partial charge is 0.379 e. The lowest BCUT2D eigenvalue weighted by Crippen LogP contribution is -2.13. The summed E-state index contributed by atoms with van der Waals surface area (Å²) in [6.45, 7) is 5.64. The normalized spacial score (nSPS) is 13.7. The van der Waals surface area contributed by atoms with Crippen LogP contribution in [0.15, 0.2) is 0 Å². The van der Waals surface area contributed by atoms with E-state index in [2.05, 4.69) is 6.92 Å². The average Bonchev–Trinajstić information content (AvgIpc) is 1.89. The maximum absolute atomic E-state index is 5.21. The summed E-state index contributed by atoms with van der Waals surface area (Å²) in [5.41, 5.74) is 0. The molecule has 0 heterocycles. The Bertz CT molecular complexity index is 54.9. The van der Waals surface area contributed by atoms with Crippen LogP contribution >= 0.6 is 0 Å². The van der Waals surface area contributed by atoms with Crippen LogP contribution in [0.4, 0.5) is 0 Å². The standard InChI is InChI=1S/C7H16O2/c1-4-5-9-6-7(2)8-3/h7H,4-6H2,1-3H3/t7-/m1/s1. The van der Waals surface area contributed by atoms with Gasteiger partial charge in [-0.25, -0.2) is 0 Å². The lowest BCUT2D eigenvalue weighted by atomic mass is 10.4. The highest BCUT2D eigenvalue weighted by Gasteiger charge is 1.96. The van der Waals surface area contributed by atoms with Crippen LogP contribution < -0.4 is 0 Å². The molecule has 0 aliphatic rings. The molecule has 56 valence electrons. The molecule has 0 aromatic heterocycles. The van der Waals surface area contributed by atoms with Crippen molar-refractivity contribution in [3.8, 4) is 0 Å². The Morgan fingerprint density at radius 2 is 2.11 bits per heavy atom. The first-order valence-corrected chi connectivity index (χ1v) is 3.41. The molecule has 0 unspecified atom stereocenters. The van der Waals surface area contributed by atoms with Gasteiger partial charge < -0.3 is 9.47 Å². The first-order chi connectivity index (χ1) is 4.31. The highest BCUT2D eigenvalue weighted by Crippen LogP contribution is 1.89. The highest BCUT2D eigenvalue weighted by molar-refractivity contribution is 4.43. The third-order valence-corrected chi connectivity index (χ3v) is 1.10. The second kappa shape index (κ2) is 6.05. The van der Waals surface area contributed by atoms with Crippen LogP contribution in [-0.4, -0.2) is 26.4 Å². The first kappa shape index (κ1) is 8.92. The Kier molecular flexibility index (Phi) is 5.99. The Morgan fingerprint density at radius 1 is 1.44 bits per heavy atom. The maximum Gasteiger partial charge on any atom is 0.0776 e. The molecule has 0 aliphatic carbocycles. The second-order valence-electron chi connectivity index (χ2n) is 2.12. The summed E-state index contributed by atoms with van der Waals surface area (Å²) in [5.74, 6) is 0. The molecule has 0 aromatic carbocycles. The van der Waals surface area contributed by atoms with E-state index in [0.717, 1.165) is 13.0 Å². The zero-order valence-electron chi connectivity index (χ0n) is 6.52. The van der Waals surface area contributed by atoms with Gasteiger partial charge in [-0.2, -0.15) is 0 Å². The quantitative estimate of drug-likeness (QED) is 0.527. The van der Waals surface area contributed by atoms with Gasteiger partial charge in [0.2, 0.25) is 0 Å². The number of rotatable bonds is 5. The minimum atomic E-state index is 0.233. The van der Waals surface area contributed by atoms with E-state index in [1.165, 1.54) is 0 Å². The number of ether oxygens (including phenoxy) is 2. The van der Waals surface area contributed by atoms with Gasteiger partial charge in [0, 0.05) is 13.7 Å². The Labute approximate surface area is 57.2 Å². The van der Waals surface area contributed by atoms with Gasteiger partial charge in [-0.15, -0.1) is 0 Å². The molecule has 0 radical (unpaired) electrons. The maximum atomic E-state index is 5.21. The fraction of sp³-hybridized carbons (Fsp3) is 1.00. The fourth-order valence-electron chi connectivity index (χ4n) is 0.462. The van der Waals surface area contributed by atoms with Crippen LogP contribution in [0.1, 0.15) is 20.3 Å². The zero-order chi connectivity index (χ0) is 7.11. The molecule has 0 saturated heterocycles. The van der Waals surface area contributed by atoms with Crippen molar-refractivity contribution in [2.24, 2.45) is 0 Å². The van der Waals surface area contributed by atoms with Crippen molar-refractivity contribution < 1.29 is 9.47 Å². The van der Waals surface area contributed by atoms with Crippen LogP contribution in [0.25, 0.3) is 0 Å². The Hall–Kier alpha value is -0.0800. The van der Waals surface area contributed by atoms with Crippen LogP contribution in [0.5, 0.6) is 0 Å². The highest BCUT2D eigenvalue weighted by atomic mass is 16.5. The molecule has 0 aromatic rings. The lowest BCUT2D eigenvalue weighted by Gasteiger charge is -2.08. The van der Waals surface area contributed by atoms with Crippen molar-refractivity contribution in [3.63, 3.8) is 0 Å². The molecular formula is C7H16O2. The zero-order valence-corrected chi connectivity index (χ0v) is 6.52. The second-order valence-corrected chi connectivity index (χ2v) is 2.12. The van der Waals surface area contributed by atoms with Crippen LogP contribution in [0.3, 0.4) is 0 Å². The summed E-state index contributed by atoms with van der Waals surface area (Å²) in [4.78, 5) is 0.